The Labute approximate surface area is 135 Å². The number of hydrogen-bond donors (Lipinski definition) is 1. The summed E-state index contributed by atoms with van der Waals surface area (Å²) in [6, 6.07) is 5.98. The average molecular weight is 312 g/mol. The maximum Gasteiger partial charge on any atom is 0.308 e. The first-order valence-electron chi connectivity index (χ1n) is 7.94. The van der Waals surface area contributed by atoms with Crippen molar-refractivity contribution in [2.24, 2.45) is 5.92 Å². The summed E-state index contributed by atoms with van der Waals surface area (Å²) in [5.74, 6) is 1.57. The summed E-state index contributed by atoms with van der Waals surface area (Å²) in [4.78, 5) is 27.0. The molecule has 5 nitrogen and oxygen atoms in total. The topological polar surface area (TPSA) is 60.9 Å². The van der Waals surface area contributed by atoms with Crippen LogP contribution in [0.4, 0.5) is 11.4 Å². The van der Waals surface area contributed by atoms with Gasteiger partial charge in [0.05, 0.1) is 12.5 Å². The summed E-state index contributed by atoms with van der Waals surface area (Å²) < 4.78 is 0. The van der Waals surface area contributed by atoms with Crippen molar-refractivity contribution in [3.63, 3.8) is 0 Å². The number of anilines is 2. The fourth-order valence-electron chi connectivity index (χ4n) is 3.42. The third-order valence-electron chi connectivity index (χ3n) is 4.65. The lowest BCUT2D eigenvalue weighted by molar-refractivity contribution is -0.142. The fraction of sp³-hybridized carbons (Fsp3) is 0.444. The molecule has 1 unspecified atom stereocenters. The number of carbonyl (C=O) groups is 2. The Morgan fingerprint density at radius 3 is 2.96 bits per heavy atom. The highest BCUT2D eigenvalue weighted by Gasteiger charge is 2.27. The van der Waals surface area contributed by atoms with Crippen molar-refractivity contribution in [1.82, 2.24) is 0 Å². The lowest BCUT2D eigenvalue weighted by Gasteiger charge is -2.34. The van der Waals surface area contributed by atoms with Crippen molar-refractivity contribution in [1.29, 1.82) is 0 Å². The quantitative estimate of drug-likeness (QED) is 0.866. The Balaban J connectivity index is 1.85. The number of hydrogen-bond acceptors (Lipinski definition) is 3. The van der Waals surface area contributed by atoms with E-state index < -0.39 is 5.97 Å². The van der Waals surface area contributed by atoms with Crippen LogP contribution in [0.5, 0.6) is 0 Å². The Morgan fingerprint density at radius 2 is 2.22 bits per heavy atom. The fourth-order valence-corrected chi connectivity index (χ4v) is 3.42. The van der Waals surface area contributed by atoms with E-state index in [1.807, 2.05) is 12.1 Å². The van der Waals surface area contributed by atoms with Gasteiger partial charge in [0.25, 0.3) is 0 Å². The van der Waals surface area contributed by atoms with E-state index in [4.69, 9.17) is 6.42 Å². The van der Waals surface area contributed by atoms with Gasteiger partial charge in [-0.05, 0) is 43.0 Å². The van der Waals surface area contributed by atoms with E-state index in [1.54, 1.807) is 4.90 Å². The molecule has 0 saturated carbocycles. The largest absolute Gasteiger partial charge is 0.481 e. The molecule has 0 aliphatic carbocycles. The molecule has 1 aromatic carbocycles. The van der Waals surface area contributed by atoms with Crippen LogP contribution in [0.2, 0.25) is 0 Å². The lowest BCUT2D eigenvalue weighted by atomic mass is 9.96. The number of benzene rings is 1. The minimum Gasteiger partial charge on any atom is -0.481 e. The van der Waals surface area contributed by atoms with Crippen LogP contribution in [0.15, 0.2) is 18.2 Å². The van der Waals surface area contributed by atoms with Crippen LogP contribution >= 0.6 is 0 Å². The van der Waals surface area contributed by atoms with Crippen LogP contribution in [0, 0.1) is 18.3 Å². The zero-order valence-corrected chi connectivity index (χ0v) is 13.0. The predicted octanol–water partition coefficient (Wildman–Crippen LogP) is 1.90. The van der Waals surface area contributed by atoms with E-state index >= 15 is 0 Å². The molecule has 0 bridgehead atoms. The number of carboxylic acid groups (broad SMARTS) is 1. The van der Waals surface area contributed by atoms with Gasteiger partial charge in [0.1, 0.15) is 0 Å². The van der Waals surface area contributed by atoms with E-state index in [2.05, 4.69) is 16.9 Å². The minimum absolute atomic E-state index is 0.0621. The van der Waals surface area contributed by atoms with E-state index in [9.17, 15) is 14.7 Å². The normalized spacial score (nSPS) is 20.8. The molecule has 2 aliphatic rings. The van der Waals surface area contributed by atoms with Gasteiger partial charge >= 0.3 is 5.97 Å². The predicted molar refractivity (Wildman–Crippen MR) is 88.5 cm³/mol. The number of fused-ring (bicyclic) bond motifs is 1. The lowest BCUT2D eigenvalue weighted by Crippen LogP contribution is -2.39. The summed E-state index contributed by atoms with van der Waals surface area (Å²) >= 11 is 0. The number of aryl methyl sites for hydroxylation is 1. The highest BCUT2D eigenvalue weighted by molar-refractivity contribution is 5.97. The number of carbonyl (C=O) groups excluding carboxylic acids is 1. The zero-order valence-electron chi connectivity index (χ0n) is 13.0. The molecule has 1 N–H and O–H groups in total. The van der Waals surface area contributed by atoms with Crippen molar-refractivity contribution >= 4 is 23.3 Å². The molecular weight excluding hydrogens is 292 g/mol. The summed E-state index contributed by atoms with van der Waals surface area (Å²) in [5.41, 5.74) is 3.02. The third kappa shape index (κ3) is 3.02. The Bertz CT molecular complexity index is 677. The number of carboxylic acids is 1. The van der Waals surface area contributed by atoms with E-state index in [1.165, 1.54) is 0 Å². The van der Waals surface area contributed by atoms with Crippen LogP contribution in [0.25, 0.3) is 0 Å². The van der Waals surface area contributed by atoms with Crippen LogP contribution < -0.4 is 9.80 Å². The summed E-state index contributed by atoms with van der Waals surface area (Å²) in [6.45, 7) is 1.70. The molecule has 1 aromatic rings. The Hall–Kier alpha value is -2.48. The minimum atomic E-state index is -0.724. The van der Waals surface area contributed by atoms with Crippen molar-refractivity contribution in [2.45, 2.75) is 25.7 Å². The number of aliphatic carboxylic acids is 1. The Morgan fingerprint density at radius 1 is 1.39 bits per heavy atom. The van der Waals surface area contributed by atoms with Crippen molar-refractivity contribution in [3.8, 4) is 12.3 Å². The molecule has 2 heterocycles. The summed E-state index contributed by atoms with van der Waals surface area (Å²) in [5, 5.41) is 9.23. The van der Waals surface area contributed by atoms with Crippen LogP contribution in [0.1, 0.15) is 24.8 Å². The molecule has 0 radical (unpaired) electrons. The second kappa shape index (κ2) is 6.33. The monoisotopic (exact) mass is 312 g/mol. The molecular formula is C18H20N2O3. The third-order valence-corrected chi connectivity index (χ3v) is 4.65. The maximum atomic E-state index is 12.0. The van der Waals surface area contributed by atoms with Gasteiger partial charge in [-0.15, -0.1) is 6.42 Å². The van der Waals surface area contributed by atoms with Gasteiger partial charge in [0.15, 0.2) is 0 Å². The van der Waals surface area contributed by atoms with Gasteiger partial charge in [0, 0.05) is 30.9 Å². The van der Waals surface area contributed by atoms with E-state index in [-0.39, 0.29) is 18.4 Å². The first-order valence-corrected chi connectivity index (χ1v) is 7.94. The second-order valence-electron chi connectivity index (χ2n) is 6.12. The van der Waals surface area contributed by atoms with E-state index in [0.29, 0.717) is 19.4 Å². The highest BCUT2D eigenvalue weighted by atomic mass is 16.4. The van der Waals surface area contributed by atoms with Crippen molar-refractivity contribution in [3.05, 3.63) is 23.8 Å². The summed E-state index contributed by atoms with van der Waals surface area (Å²) in [6.07, 6.45) is 8.16. The van der Waals surface area contributed by atoms with Gasteiger partial charge in [-0.25, -0.2) is 0 Å². The van der Waals surface area contributed by atoms with Gasteiger partial charge < -0.3 is 14.9 Å². The first kappa shape index (κ1) is 15.4. The van der Waals surface area contributed by atoms with Gasteiger partial charge in [-0.2, -0.15) is 0 Å². The number of terminal acetylenes is 1. The molecule has 2 aliphatic heterocycles. The van der Waals surface area contributed by atoms with Gasteiger partial charge in [-0.3, -0.25) is 9.59 Å². The average Bonchev–Trinajstić information content (AvgIpc) is 2.57. The highest BCUT2D eigenvalue weighted by Crippen LogP contribution is 2.32. The van der Waals surface area contributed by atoms with Gasteiger partial charge in [0.2, 0.25) is 5.91 Å². The molecule has 1 amide bonds. The maximum absolute atomic E-state index is 12.0. The number of nitrogens with zero attached hydrogens (tertiary/aromatic N) is 2. The molecule has 5 heteroatoms. The van der Waals surface area contributed by atoms with Crippen LogP contribution in [-0.2, 0) is 16.0 Å². The van der Waals surface area contributed by atoms with Gasteiger partial charge in [-0.1, -0.05) is 5.92 Å². The molecule has 0 spiro atoms. The molecule has 1 fully saturated rings. The summed E-state index contributed by atoms with van der Waals surface area (Å²) in [7, 11) is 0. The van der Waals surface area contributed by atoms with Crippen molar-refractivity contribution < 1.29 is 14.7 Å². The first-order chi connectivity index (χ1) is 11.1. The van der Waals surface area contributed by atoms with Crippen LogP contribution in [-0.4, -0.2) is 36.6 Å². The van der Waals surface area contributed by atoms with Crippen molar-refractivity contribution in [2.75, 3.05) is 29.4 Å². The number of amides is 1. The molecule has 120 valence electrons. The molecule has 23 heavy (non-hydrogen) atoms. The van der Waals surface area contributed by atoms with E-state index in [0.717, 1.165) is 36.3 Å². The zero-order chi connectivity index (χ0) is 16.4. The smallest absolute Gasteiger partial charge is 0.308 e. The second-order valence-corrected chi connectivity index (χ2v) is 6.12. The Kier molecular flexibility index (Phi) is 4.24. The molecule has 1 saturated heterocycles. The standard InChI is InChI=1S/C18H20N2O3/c1-2-9-20-16-7-6-15(11-13(16)5-8-17(20)21)19-10-3-4-14(12-19)18(22)23/h1,6-7,11,14H,3-5,8-10,12H2,(H,22,23). The molecule has 1 atom stereocenters. The molecule has 0 aromatic heterocycles. The number of rotatable bonds is 3. The SMILES string of the molecule is C#CCN1C(=O)CCc2cc(N3CCCC(C(=O)O)C3)ccc21. The number of piperidine rings is 1. The van der Waals surface area contributed by atoms with Crippen LogP contribution in [0.3, 0.4) is 0 Å². The molecule has 3 rings (SSSR count).